The Hall–Kier alpha value is -2.66. The number of hydrogen-bond acceptors (Lipinski definition) is 4. The second-order valence-corrected chi connectivity index (χ2v) is 7.32. The summed E-state index contributed by atoms with van der Waals surface area (Å²) < 4.78 is 5.43. The molecule has 1 amide bonds. The van der Waals surface area contributed by atoms with E-state index in [0.29, 0.717) is 36.2 Å². The van der Waals surface area contributed by atoms with Crippen LogP contribution in [-0.4, -0.2) is 34.0 Å². The summed E-state index contributed by atoms with van der Waals surface area (Å²) in [7, 11) is 0. The van der Waals surface area contributed by atoms with Crippen LogP contribution < -0.4 is 0 Å². The molecule has 0 saturated carbocycles. The molecule has 3 aromatic rings. The molecule has 1 aliphatic heterocycles. The summed E-state index contributed by atoms with van der Waals surface area (Å²) in [5.74, 6) is 1.01. The second-order valence-electron chi connectivity index (χ2n) is 6.91. The minimum absolute atomic E-state index is 0.0701. The molecule has 138 valence electrons. The molecule has 27 heavy (non-hydrogen) atoms. The van der Waals surface area contributed by atoms with E-state index in [2.05, 4.69) is 41.3 Å². The maximum atomic E-state index is 12.4. The second kappa shape index (κ2) is 7.53. The van der Waals surface area contributed by atoms with Gasteiger partial charge in [-0.15, -0.1) is 0 Å². The summed E-state index contributed by atoms with van der Waals surface area (Å²) in [6, 6.07) is 15.8. The predicted molar refractivity (Wildman–Crippen MR) is 104 cm³/mol. The molecule has 6 heteroatoms. The molecule has 0 spiro atoms. The van der Waals surface area contributed by atoms with Gasteiger partial charge in [-0.05, 0) is 31.0 Å². The Balaban J connectivity index is 1.42. The van der Waals surface area contributed by atoms with Crippen LogP contribution in [0.15, 0.2) is 53.1 Å². The van der Waals surface area contributed by atoms with E-state index in [4.69, 9.17) is 16.1 Å². The SMILES string of the molecule is Cc1ccc(CCN2CC(c3nc(-c4ccccc4Cl)no3)CC2=O)cc1. The smallest absolute Gasteiger partial charge is 0.232 e. The standard InChI is InChI=1S/C21H20ClN3O2/c1-14-6-8-15(9-7-14)10-11-25-13-16(12-19(25)26)21-23-20(24-27-21)17-4-2-3-5-18(17)22/h2-9,16H,10-13H2,1H3. The largest absolute Gasteiger partial charge is 0.342 e. The minimum atomic E-state index is -0.0701. The number of nitrogens with zero attached hydrogens (tertiary/aromatic N) is 3. The molecular weight excluding hydrogens is 362 g/mol. The molecule has 4 rings (SSSR count). The third kappa shape index (κ3) is 3.88. The number of benzene rings is 2. The Morgan fingerprint density at radius 2 is 1.96 bits per heavy atom. The van der Waals surface area contributed by atoms with E-state index < -0.39 is 0 Å². The molecule has 0 bridgehead atoms. The number of halogens is 1. The monoisotopic (exact) mass is 381 g/mol. The van der Waals surface area contributed by atoms with Crippen LogP contribution in [0.5, 0.6) is 0 Å². The van der Waals surface area contributed by atoms with Gasteiger partial charge in [-0.1, -0.05) is 58.7 Å². The van der Waals surface area contributed by atoms with Gasteiger partial charge in [0, 0.05) is 25.1 Å². The molecule has 1 fully saturated rings. The zero-order valence-electron chi connectivity index (χ0n) is 15.1. The Kier molecular flexibility index (Phi) is 4.94. The molecule has 0 radical (unpaired) electrons. The lowest BCUT2D eigenvalue weighted by atomic mass is 10.1. The highest BCUT2D eigenvalue weighted by Gasteiger charge is 2.34. The molecule has 1 atom stereocenters. The number of carbonyl (C=O) groups is 1. The number of rotatable bonds is 5. The van der Waals surface area contributed by atoms with Gasteiger partial charge in [0.2, 0.25) is 17.6 Å². The number of aryl methyl sites for hydroxylation is 1. The zero-order chi connectivity index (χ0) is 18.8. The lowest BCUT2D eigenvalue weighted by molar-refractivity contribution is -0.127. The molecule has 2 heterocycles. The number of amides is 1. The van der Waals surface area contributed by atoms with E-state index in [9.17, 15) is 4.79 Å². The van der Waals surface area contributed by atoms with Crippen molar-refractivity contribution in [2.45, 2.75) is 25.7 Å². The summed E-state index contributed by atoms with van der Waals surface area (Å²) in [6.45, 7) is 3.37. The minimum Gasteiger partial charge on any atom is -0.342 e. The molecule has 2 aromatic carbocycles. The molecule has 5 nitrogen and oxygen atoms in total. The van der Waals surface area contributed by atoms with Crippen molar-refractivity contribution in [3.63, 3.8) is 0 Å². The highest BCUT2D eigenvalue weighted by Crippen LogP contribution is 2.30. The quantitative estimate of drug-likeness (QED) is 0.662. The Bertz CT molecular complexity index is 952. The van der Waals surface area contributed by atoms with E-state index in [0.717, 1.165) is 12.0 Å². The van der Waals surface area contributed by atoms with Gasteiger partial charge in [0.25, 0.3) is 0 Å². The fourth-order valence-electron chi connectivity index (χ4n) is 3.33. The van der Waals surface area contributed by atoms with Crippen molar-refractivity contribution in [3.8, 4) is 11.4 Å². The maximum absolute atomic E-state index is 12.4. The number of hydrogen-bond donors (Lipinski definition) is 0. The average molecular weight is 382 g/mol. The van der Waals surface area contributed by atoms with Gasteiger partial charge >= 0.3 is 0 Å². The molecule has 1 saturated heterocycles. The maximum Gasteiger partial charge on any atom is 0.232 e. The van der Waals surface area contributed by atoms with Crippen molar-refractivity contribution in [2.75, 3.05) is 13.1 Å². The van der Waals surface area contributed by atoms with Crippen molar-refractivity contribution < 1.29 is 9.32 Å². The van der Waals surface area contributed by atoms with Crippen molar-refractivity contribution in [2.24, 2.45) is 0 Å². The Labute approximate surface area is 163 Å². The summed E-state index contributed by atoms with van der Waals surface area (Å²) in [6.07, 6.45) is 1.24. The van der Waals surface area contributed by atoms with Crippen LogP contribution >= 0.6 is 11.6 Å². The molecular formula is C21H20ClN3O2. The molecule has 1 aliphatic rings. The highest BCUT2D eigenvalue weighted by atomic mass is 35.5. The van der Waals surface area contributed by atoms with Crippen LogP contribution in [-0.2, 0) is 11.2 Å². The Morgan fingerprint density at radius 1 is 1.19 bits per heavy atom. The lowest BCUT2D eigenvalue weighted by Crippen LogP contribution is -2.27. The first-order chi connectivity index (χ1) is 13.1. The lowest BCUT2D eigenvalue weighted by Gasteiger charge is -2.15. The number of carbonyl (C=O) groups excluding carboxylic acids is 1. The predicted octanol–water partition coefficient (Wildman–Crippen LogP) is 4.26. The third-order valence-electron chi connectivity index (χ3n) is 4.91. The Morgan fingerprint density at radius 3 is 2.74 bits per heavy atom. The molecule has 0 N–H and O–H groups in total. The van der Waals surface area contributed by atoms with Gasteiger partial charge in [-0.3, -0.25) is 4.79 Å². The van der Waals surface area contributed by atoms with Crippen LogP contribution in [0.25, 0.3) is 11.4 Å². The third-order valence-corrected chi connectivity index (χ3v) is 5.24. The number of likely N-dealkylation sites (tertiary alicyclic amines) is 1. The normalized spacial score (nSPS) is 16.9. The first-order valence-electron chi connectivity index (χ1n) is 9.02. The van der Waals surface area contributed by atoms with Crippen LogP contribution in [0.2, 0.25) is 5.02 Å². The van der Waals surface area contributed by atoms with Gasteiger partial charge in [0.15, 0.2) is 0 Å². The van der Waals surface area contributed by atoms with Gasteiger partial charge in [0.05, 0.1) is 10.9 Å². The molecule has 0 aliphatic carbocycles. The van der Waals surface area contributed by atoms with Crippen molar-refractivity contribution >= 4 is 17.5 Å². The van der Waals surface area contributed by atoms with Gasteiger partial charge in [0.1, 0.15) is 0 Å². The summed E-state index contributed by atoms with van der Waals surface area (Å²) in [4.78, 5) is 18.7. The average Bonchev–Trinajstić information content (AvgIpc) is 3.29. The van der Waals surface area contributed by atoms with E-state index in [1.165, 1.54) is 11.1 Å². The van der Waals surface area contributed by atoms with Gasteiger partial charge < -0.3 is 9.42 Å². The van der Waals surface area contributed by atoms with E-state index in [-0.39, 0.29) is 11.8 Å². The molecule has 1 aromatic heterocycles. The van der Waals surface area contributed by atoms with Crippen molar-refractivity contribution in [1.29, 1.82) is 0 Å². The summed E-state index contributed by atoms with van der Waals surface area (Å²) in [5.41, 5.74) is 3.20. The van der Waals surface area contributed by atoms with Gasteiger partial charge in [-0.2, -0.15) is 4.98 Å². The van der Waals surface area contributed by atoms with Gasteiger partial charge in [-0.25, -0.2) is 0 Å². The summed E-state index contributed by atoms with van der Waals surface area (Å²) in [5, 5.41) is 4.62. The fourth-order valence-corrected chi connectivity index (χ4v) is 3.55. The van der Waals surface area contributed by atoms with E-state index >= 15 is 0 Å². The number of aromatic nitrogens is 2. The van der Waals surface area contributed by atoms with Crippen LogP contribution in [0.4, 0.5) is 0 Å². The van der Waals surface area contributed by atoms with E-state index in [1.807, 2.05) is 23.1 Å². The summed E-state index contributed by atoms with van der Waals surface area (Å²) >= 11 is 6.20. The van der Waals surface area contributed by atoms with Crippen LogP contribution in [0.3, 0.4) is 0 Å². The zero-order valence-corrected chi connectivity index (χ0v) is 15.8. The topological polar surface area (TPSA) is 59.2 Å². The highest BCUT2D eigenvalue weighted by molar-refractivity contribution is 6.33. The van der Waals surface area contributed by atoms with Crippen LogP contribution in [0, 0.1) is 6.92 Å². The first-order valence-corrected chi connectivity index (χ1v) is 9.40. The van der Waals surface area contributed by atoms with Crippen LogP contribution in [0.1, 0.15) is 29.4 Å². The fraction of sp³-hybridized carbons (Fsp3) is 0.286. The van der Waals surface area contributed by atoms with E-state index in [1.54, 1.807) is 6.07 Å². The van der Waals surface area contributed by atoms with Crippen molar-refractivity contribution in [3.05, 3.63) is 70.6 Å². The molecule has 1 unspecified atom stereocenters. The van der Waals surface area contributed by atoms with Crippen molar-refractivity contribution in [1.82, 2.24) is 15.0 Å². The first kappa shape index (κ1) is 17.7.